The van der Waals surface area contributed by atoms with Crippen molar-refractivity contribution in [3.63, 3.8) is 0 Å². The van der Waals surface area contributed by atoms with Gasteiger partial charge in [0.2, 0.25) is 0 Å². The molecule has 0 aromatic heterocycles. The van der Waals surface area contributed by atoms with Crippen LogP contribution in [0.1, 0.15) is 12.5 Å². The Labute approximate surface area is 137 Å². The van der Waals surface area contributed by atoms with Gasteiger partial charge in [-0.15, -0.1) is 0 Å². The summed E-state index contributed by atoms with van der Waals surface area (Å²) in [4.78, 5) is 14.2. The molecule has 1 aliphatic rings. The van der Waals surface area contributed by atoms with Crippen LogP contribution >= 0.6 is 35.6 Å². The molecule has 4 nitrogen and oxygen atoms in total. The molecule has 108 valence electrons. The third-order valence-corrected chi connectivity index (χ3v) is 4.41. The number of benzene rings is 1. The van der Waals surface area contributed by atoms with Crippen molar-refractivity contribution < 1.29 is 9.53 Å². The number of likely N-dealkylation sites (N-methyl/N-ethyl adjacent to an activating group) is 1. The predicted octanol–water partition coefficient (Wildman–Crippen LogP) is 3.46. The van der Waals surface area contributed by atoms with Gasteiger partial charge in [0, 0.05) is 6.54 Å². The highest BCUT2D eigenvalue weighted by molar-refractivity contribution is 8.26. The number of nitriles is 1. The molecule has 0 N–H and O–H groups in total. The molecule has 7 heteroatoms. The predicted molar refractivity (Wildman–Crippen MR) is 88.1 cm³/mol. The Balaban J connectivity index is 2.22. The van der Waals surface area contributed by atoms with Crippen molar-refractivity contribution in [2.75, 3.05) is 13.2 Å². The van der Waals surface area contributed by atoms with E-state index in [0.29, 0.717) is 26.5 Å². The first-order valence-corrected chi connectivity index (χ1v) is 7.71. The van der Waals surface area contributed by atoms with Crippen molar-refractivity contribution in [1.82, 2.24) is 4.90 Å². The number of hydrogen-bond acceptors (Lipinski definition) is 5. The Morgan fingerprint density at radius 3 is 2.90 bits per heavy atom. The highest BCUT2D eigenvalue weighted by atomic mass is 35.5. The van der Waals surface area contributed by atoms with Gasteiger partial charge in [0.15, 0.2) is 6.61 Å². The molecule has 0 atom stereocenters. The number of carbonyl (C=O) groups is 1. The lowest BCUT2D eigenvalue weighted by Gasteiger charge is -2.09. The number of hydrogen-bond donors (Lipinski definition) is 0. The van der Waals surface area contributed by atoms with Crippen molar-refractivity contribution >= 4 is 51.9 Å². The molecule has 1 saturated heterocycles. The second kappa shape index (κ2) is 6.94. The van der Waals surface area contributed by atoms with Crippen LogP contribution in [0.25, 0.3) is 6.08 Å². The second-order valence-corrected chi connectivity index (χ2v) is 6.15. The average molecular weight is 339 g/mol. The fraction of sp³-hybridized carbons (Fsp3) is 0.214. The SMILES string of the molecule is CCN1C(=O)/C(=C/c2ccc(OCC#N)c(Cl)c2)SC1=S. The van der Waals surface area contributed by atoms with E-state index in [1.54, 1.807) is 29.2 Å². The third kappa shape index (κ3) is 3.56. The van der Waals surface area contributed by atoms with Crippen molar-refractivity contribution in [3.05, 3.63) is 33.7 Å². The molecule has 0 spiro atoms. The maximum absolute atomic E-state index is 12.1. The van der Waals surface area contributed by atoms with Gasteiger partial charge >= 0.3 is 0 Å². The van der Waals surface area contributed by atoms with E-state index in [-0.39, 0.29) is 12.5 Å². The molecule has 2 rings (SSSR count). The van der Waals surface area contributed by atoms with E-state index in [4.69, 9.17) is 33.8 Å². The van der Waals surface area contributed by atoms with Crippen molar-refractivity contribution in [1.29, 1.82) is 5.26 Å². The van der Waals surface area contributed by atoms with E-state index in [1.165, 1.54) is 11.8 Å². The van der Waals surface area contributed by atoms with Crippen molar-refractivity contribution in [3.8, 4) is 11.8 Å². The maximum atomic E-state index is 12.1. The molecule has 0 saturated carbocycles. The van der Waals surface area contributed by atoms with Gasteiger partial charge in [-0.25, -0.2) is 0 Å². The van der Waals surface area contributed by atoms with Crippen LogP contribution < -0.4 is 4.74 Å². The van der Waals surface area contributed by atoms with Crippen LogP contribution in [0.5, 0.6) is 5.75 Å². The Morgan fingerprint density at radius 1 is 1.57 bits per heavy atom. The number of amides is 1. The number of halogens is 1. The smallest absolute Gasteiger partial charge is 0.266 e. The molecule has 1 amide bonds. The van der Waals surface area contributed by atoms with Gasteiger partial charge in [0.25, 0.3) is 5.91 Å². The Hall–Kier alpha value is -1.55. The number of rotatable bonds is 4. The normalized spacial score (nSPS) is 16.4. The second-order valence-electron chi connectivity index (χ2n) is 4.06. The third-order valence-electron chi connectivity index (χ3n) is 2.74. The lowest BCUT2D eigenvalue weighted by Crippen LogP contribution is -2.27. The summed E-state index contributed by atoms with van der Waals surface area (Å²) < 4.78 is 5.73. The molecule has 21 heavy (non-hydrogen) atoms. The summed E-state index contributed by atoms with van der Waals surface area (Å²) >= 11 is 12.5. The van der Waals surface area contributed by atoms with E-state index < -0.39 is 0 Å². The van der Waals surface area contributed by atoms with Gasteiger partial charge in [-0.05, 0) is 30.7 Å². The fourth-order valence-corrected chi connectivity index (χ4v) is 3.39. The summed E-state index contributed by atoms with van der Waals surface area (Å²) in [7, 11) is 0. The summed E-state index contributed by atoms with van der Waals surface area (Å²) in [6, 6.07) is 7.01. The molecule has 1 aromatic carbocycles. The molecule has 0 radical (unpaired) electrons. The van der Waals surface area contributed by atoms with Gasteiger partial charge in [-0.3, -0.25) is 9.69 Å². The zero-order chi connectivity index (χ0) is 15.4. The minimum absolute atomic E-state index is 0.0613. The summed E-state index contributed by atoms with van der Waals surface area (Å²) in [5.41, 5.74) is 0.779. The number of nitrogens with zero attached hydrogens (tertiary/aromatic N) is 2. The summed E-state index contributed by atoms with van der Waals surface area (Å²) in [5, 5.41) is 8.87. The molecule has 0 bridgehead atoms. The van der Waals surface area contributed by atoms with Gasteiger partial charge in [-0.1, -0.05) is 41.6 Å². The first kappa shape index (κ1) is 15.8. The first-order valence-electron chi connectivity index (χ1n) is 6.11. The summed E-state index contributed by atoms with van der Waals surface area (Å²) in [5.74, 6) is 0.352. The number of thioether (sulfide) groups is 1. The molecule has 1 aromatic rings. The van der Waals surface area contributed by atoms with E-state index in [0.717, 1.165) is 5.56 Å². The average Bonchev–Trinajstić information content (AvgIpc) is 2.72. The largest absolute Gasteiger partial charge is 0.477 e. The van der Waals surface area contributed by atoms with Gasteiger partial charge in [0.05, 0.1) is 9.93 Å². The van der Waals surface area contributed by atoms with E-state index in [1.807, 2.05) is 13.0 Å². The zero-order valence-corrected chi connectivity index (χ0v) is 13.5. The molecular weight excluding hydrogens is 328 g/mol. The Morgan fingerprint density at radius 2 is 2.33 bits per heavy atom. The minimum Gasteiger partial charge on any atom is -0.477 e. The van der Waals surface area contributed by atoms with Crippen molar-refractivity contribution in [2.45, 2.75) is 6.92 Å². The van der Waals surface area contributed by atoms with Crippen LogP contribution in [-0.4, -0.2) is 28.3 Å². The van der Waals surface area contributed by atoms with Gasteiger partial charge < -0.3 is 4.74 Å². The van der Waals surface area contributed by atoms with Crippen LogP contribution in [0.4, 0.5) is 0 Å². The number of ether oxygens (including phenoxy) is 1. The van der Waals surface area contributed by atoms with Crippen molar-refractivity contribution in [2.24, 2.45) is 0 Å². The van der Waals surface area contributed by atoms with E-state index >= 15 is 0 Å². The lowest BCUT2D eigenvalue weighted by molar-refractivity contribution is -0.121. The quantitative estimate of drug-likeness (QED) is 0.621. The highest BCUT2D eigenvalue weighted by Crippen LogP contribution is 2.33. The summed E-state index contributed by atoms with van der Waals surface area (Å²) in [6.07, 6.45) is 1.74. The first-order chi connectivity index (χ1) is 10.1. The van der Waals surface area contributed by atoms with Crippen LogP contribution in [0, 0.1) is 11.3 Å². The monoisotopic (exact) mass is 338 g/mol. The zero-order valence-electron chi connectivity index (χ0n) is 11.1. The standard InChI is InChI=1S/C14H11ClN2O2S2/c1-2-17-13(18)12(21-14(17)20)8-9-3-4-11(10(15)7-9)19-6-5-16/h3-4,7-8H,2,6H2,1H3/b12-8-. The summed E-state index contributed by atoms with van der Waals surface area (Å²) in [6.45, 7) is 2.38. The molecule has 1 heterocycles. The Bertz CT molecular complexity index is 667. The van der Waals surface area contributed by atoms with Gasteiger partial charge in [-0.2, -0.15) is 5.26 Å². The minimum atomic E-state index is -0.0894. The molecular formula is C14H11ClN2O2S2. The van der Waals surface area contributed by atoms with Crippen LogP contribution in [0.2, 0.25) is 5.02 Å². The molecule has 1 aliphatic heterocycles. The lowest BCUT2D eigenvalue weighted by atomic mass is 10.2. The topological polar surface area (TPSA) is 53.3 Å². The molecule has 0 unspecified atom stereocenters. The van der Waals surface area contributed by atoms with Crippen LogP contribution in [-0.2, 0) is 4.79 Å². The number of carbonyl (C=O) groups excluding carboxylic acids is 1. The molecule has 1 fully saturated rings. The van der Waals surface area contributed by atoms with E-state index in [9.17, 15) is 4.79 Å². The fourth-order valence-electron chi connectivity index (χ4n) is 1.76. The van der Waals surface area contributed by atoms with Crippen LogP contribution in [0.15, 0.2) is 23.1 Å². The van der Waals surface area contributed by atoms with Crippen LogP contribution in [0.3, 0.4) is 0 Å². The van der Waals surface area contributed by atoms with E-state index in [2.05, 4.69) is 0 Å². The molecule has 0 aliphatic carbocycles. The number of thiocarbonyl (C=S) groups is 1. The van der Waals surface area contributed by atoms with Gasteiger partial charge in [0.1, 0.15) is 16.1 Å². The highest BCUT2D eigenvalue weighted by Gasteiger charge is 2.30. The maximum Gasteiger partial charge on any atom is 0.266 e. The Kier molecular flexibility index (Phi) is 5.23.